The van der Waals surface area contributed by atoms with Gasteiger partial charge in [0.05, 0.1) is 0 Å². The number of nitrogens with zero attached hydrogens (tertiary/aromatic N) is 1. The number of rotatable bonds is 1. The summed E-state index contributed by atoms with van der Waals surface area (Å²) in [6, 6.07) is 0. The van der Waals surface area contributed by atoms with E-state index >= 15 is 0 Å². The molecular formula is C12H19N. The third-order valence-corrected chi connectivity index (χ3v) is 1.53. The summed E-state index contributed by atoms with van der Waals surface area (Å²) in [5.41, 5.74) is 2.26. The smallest absolute Gasteiger partial charge is 0.0380 e. The average molecular weight is 177 g/mol. The van der Waals surface area contributed by atoms with E-state index < -0.39 is 0 Å². The highest BCUT2D eigenvalue weighted by Crippen LogP contribution is 2.14. The second kappa shape index (κ2) is 6.30. The van der Waals surface area contributed by atoms with Crippen molar-refractivity contribution in [3.05, 3.63) is 48.5 Å². The lowest BCUT2D eigenvalue weighted by molar-refractivity contribution is 0.644. The fourth-order valence-corrected chi connectivity index (χ4v) is 0.985. The van der Waals surface area contributed by atoms with Crippen molar-refractivity contribution in [2.45, 2.75) is 27.7 Å². The summed E-state index contributed by atoms with van der Waals surface area (Å²) < 4.78 is 0. The zero-order valence-electron chi connectivity index (χ0n) is 9.04. The molecule has 1 heteroatoms. The molecule has 0 fully saturated rings. The number of allylic oxidation sites excluding steroid dienone is 4. The molecule has 0 aromatic heterocycles. The fourth-order valence-electron chi connectivity index (χ4n) is 0.985. The van der Waals surface area contributed by atoms with Gasteiger partial charge < -0.3 is 4.90 Å². The van der Waals surface area contributed by atoms with Crippen LogP contribution in [0.5, 0.6) is 0 Å². The van der Waals surface area contributed by atoms with Crippen LogP contribution >= 0.6 is 0 Å². The maximum Gasteiger partial charge on any atom is 0.0380 e. The van der Waals surface area contributed by atoms with Gasteiger partial charge in [-0.2, -0.15) is 0 Å². The molecule has 1 aliphatic rings. The van der Waals surface area contributed by atoms with Gasteiger partial charge in [-0.3, -0.25) is 0 Å². The zero-order valence-corrected chi connectivity index (χ0v) is 9.04. The molecule has 0 radical (unpaired) electrons. The molecule has 0 aliphatic carbocycles. The first kappa shape index (κ1) is 11.8. The Morgan fingerprint density at radius 1 is 1.38 bits per heavy atom. The lowest BCUT2D eigenvalue weighted by atomic mass is 10.2. The van der Waals surface area contributed by atoms with Crippen LogP contribution in [0.3, 0.4) is 0 Å². The Hall–Kier alpha value is -1.24. The molecule has 0 amide bonds. The molecule has 0 bridgehead atoms. The quantitative estimate of drug-likeness (QED) is 0.588. The molecule has 0 spiro atoms. The van der Waals surface area contributed by atoms with Crippen LogP contribution in [0, 0.1) is 0 Å². The summed E-state index contributed by atoms with van der Waals surface area (Å²) in [6.07, 6.45) is 10.1. The Balaban J connectivity index is 0.000000671. The average Bonchev–Trinajstić information content (AvgIpc) is 2.14. The maximum atomic E-state index is 3.91. The predicted octanol–water partition coefficient (Wildman–Crippen LogP) is 3.84. The van der Waals surface area contributed by atoms with E-state index in [0.29, 0.717) is 0 Å². The van der Waals surface area contributed by atoms with Crippen molar-refractivity contribution in [1.29, 1.82) is 0 Å². The molecule has 1 nitrogen and oxygen atoms in total. The Morgan fingerprint density at radius 3 is 2.46 bits per heavy atom. The Morgan fingerprint density at radius 2 is 2.00 bits per heavy atom. The molecule has 0 saturated carbocycles. The van der Waals surface area contributed by atoms with Gasteiger partial charge in [-0.1, -0.05) is 26.5 Å². The third kappa shape index (κ3) is 3.79. The van der Waals surface area contributed by atoms with E-state index in [-0.39, 0.29) is 0 Å². The first-order valence-corrected chi connectivity index (χ1v) is 4.70. The van der Waals surface area contributed by atoms with Crippen LogP contribution in [0.1, 0.15) is 27.7 Å². The van der Waals surface area contributed by atoms with E-state index in [1.807, 2.05) is 44.1 Å². The van der Waals surface area contributed by atoms with Gasteiger partial charge in [0.1, 0.15) is 0 Å². The van der Waals surface area contributed by atoms with Crippen LogP contribution in [-0.2, 0) is 0 Å². The van der Waals surface area contributed by atoms with E-state index in [9.17, 15) is 0 Å². The van der Waals surface area contributed by atoms with Gasteiger partial charge >= 0.3 is 0 Å². The Bertz CT molecular complexity index is 244. The van der Waals surface area contributed by atoms with E-state index in [1.54, 1.807) is 0 Å². The summed E-state index contributed by atoms with van der Waals surface area (Å²) >= 11 is 0. The summed E-state index contributed by atoms with van der Waals surface area (Å²) in [7, 11) is 0. The second-order valence-electron chi connectivity index (χ2n) is 2.59. The topological polar surface area (TPSA) is 3.24 Å². The van der Waals surface area contributed by atoms with Crippen molar-refractivity contribution in [2.24, 2.45) is 0 Å². The van der Waals surface area contributed by atoms with E-state index in [0.717, 1.165) is 5.70 Å². The van der Waals surface area contributed by atoms with Crippen LogP contribution in [0.25, 0.3) is 0 Å². The van der Waals surface area contributed by atoms with Crippen LogP contribution < -0.4 is 0 Å². The van der Waals surface area contributed by atoms with Crippen LogP contribution in [0.15, 0.2) is 48.5 Å². The Labute approximate surface area is 81.8 Å². The second-order valence-corrected chi connectivity index (χ2v) is 2.59. The van der Waals surface area contributed by atoms with Gasteiger partial charge in [-0.05, 0) is 31.6 Å². The highest BCUT2D eigenvalue weighted by atomic mass is 15.1. The van der Waals surface area contributed by atoms with E-state index in [1.165, 1.54) is 5.57 Å². The van der Waals surface area contributed by atoms with Gasteiger partial charge in [-0.25, -0.2) is 0 Å². The highest BCUT2D eigenvalue weighted by molar-refractivity contribution is 5.33. The molecule has 0 saturated heterocycles. The van der Waals surface area contributed by atoms with Gasteiger partial charge in [0.15, 0.2) is 0 Å². The van der Waals surface area contributed by atoms with Crippen molar-refractivity contribution >= 4 is 0 Å². The first-order chi connectivity index (χ1) is 6.24. The molecule has 72 valence electrons. The molecule has 1 aliphatic heterocycles. The molecule has 13 heavy (non-hydrogen) atoms. The van der Waals surface area contributed by atoms with Crippen molar-refractivity contribution in [1.82, 2.24) is 4.90 Å². The Kier molecular flexibility index (Phi) is 5.69. The minimum Gasteiger partial charge on any atom is -0.325 e. The lowest BCUT2D eigenvalue weighted by Crippen LogP contribution is -2.08. The molecule has 0 N–H and O–H groups in total. The first-order valence-electron chi connectivity index (χ1n) is 4.70. The summed E-state index contributed by atoms with van der Waals surface area (Å²) in [5, 5.41) is 0. The summed E-state index contributed by atoms with van der Waals surface area (Å²) in [5.74, 6) is 0. The molecule has 0 aromatic rings. The lowest BCUT2D eigenvalue weighted by Gasteiger charge is -2.19. The van der Waals surface area contributed by atoms with Gasteiger partial charge in [-0.15, -0.1) is 0 Å². The molecule has 0 atom stereocenters. The molecule has 0 aromatic carbocycles. The van der Waals surface area contributed by atoms with E-state index in [2.05, 4.69) is 25.7 Å². The van der Waals surface area contributed by atoms with Crippen LogP contribution in [0.2, 0.25) is 0 Å². The summed E-state index contributed by atoms with van der Waals surface area (Å²) in [4.78, 5) is 1.99. The molecule has 1 heterocycles. The van der Waals surface area contributed by atoms with Gasteiger partial charge in [0, 0.05) is 18.1 Å². The minimum atomic E-state index is 1.02. The number of hydrogen-bond acceptors (Lipinski definition) is 1. The predicted molar refractivity (Wildman–Crippen MR) is 60.0 cm³/mol. The van der Waals surface area contributed by atoms with Crippen molar-refractivity contribution in [2.75, 3.05) is 0 Å². The third-order valence-electron chi connectivity index (χ3n) is 1.53. The standard InChI is InChI=1S/C10H13N.C2H6/c1-4-6-11-7-5-9(2)8-10(11)3;1-2/h4-8H,3H2,1-2H3;1-2H3/b6-4-;. The monoisotopic (exact) mass is 177 g/mol. The SMILES string of the molecule is C=C1C=C(C)C=CN1/C=C\C.CC. The minimum absolute atomic E-state index is 1.02. The highest BCUT2D eigenvalue weighted by Gasteiger charge is 2.01. The normalized spacial score (nSPS) is 15.5. The summed E-state index contributed by atoms with van der Waals surface area (Å²) in [6.45, 7) is 12.0. The van der Waals surface area contributed by atoms with Crippen molar-refractivity contribution in [3.8, 4) is 0 Å². The molecule has 1 rings (SSSR count). The van der Waals surface area contributed by atoms with Crippen molar-refractivity contribution < 1.29 is 0 Å². The van der Waals surface area contributed by atoms with E-state index in [4.69, 9.17) is 0 Å². The van der Waals surface area contributed by atoms with Gasteiger partial charge in [0.2, 0.25) is 0 Å². The molecular weight excluding hydrogens is 158 g/mol. The zero-order chi connectivity index (χ0) is 10.3. The largest absolute Gasteiger partial charge is 0.325 e. The van der Waals surface area contributed by atoms with Gasteiger partial charge in [0.25, 0.3) is 0 Å². The maximum absolute atomic E-state index is 3.91. The number of hydrogen-bond donors (Lipinski definition) is 0. The van der Waals surface area contributed by atoms with Crippen molar-refractivity contribution in [3.63, 3.8) is 0 Å². The molecule has 0 unspecified atom stereocenters. The van der Waals surface area contributed by atoms with Crippen LogP contribution in [0.4, 0.5) is 0 Å². The van der Waals surface area contributed by atoms with Crippen LogP contribution in [-0.4, -0.2) is 4.90 Å². The fraction of sp³-hybridized carbons (Fsp3) is 0.333.